The molecule has 0 bridgehead atoms. The third-order valence-corrected chi connectivity index (χ3v) is 2.62. The van der Waals surface area contributed by atoms with E-state index in [9.17, 15) is 9.59 Å². The normalized spacial score (nSPS) is 14.0. The van der Waals surface area contributed by atoms with Crippen molar-refractivity contribution in [2.45, 2.75) is 19.8 Å². The first-order chi connectivity index (χ1) is 7.65. The molecule has 16 heavy (non-hydrogen) atoms. The van der Waals surface area contributed by atoms with Gasteiger partial charge in [-0.25, -0.2) is 0 Å². The van der Waals surface area contributed by atoms with Gasteiger partial charge in [-0.2, -0.15) is 0 Å². The molecule has 2 N–H and O–H groups in total. The van der Waals surface area contributed by atoms with Crippen LogP contribution < -0.4 is 10.6 Å². The molecule has 0 radical (unpaired) electrons. The monoisotopic (exact) mass is 226 g/mol. The summed E-state index contributed by atoms with van der Waals surface area (Å²) in [5, 5.41) is 5.87. The van der Waals surface area contributed by atoms with Crippen LogP contribution in [0, 0.1) is 0 Å². The molecule has 5 heteroatoms. The zero-order chi connectivity index (χ0) is 12.0. The van der Waals surface area contributed by atoms with Crippen LogP contribution in [0.15, 0.2) is 11.1 Å². The number of rotatable bonds is 5. The molecule has 0 aliphatic carbocycles. The Hall–Kier alpha value is -1.36. The van der Waals surface area contributed by atoms with Crippen molar-refractivity contribution in [2.75, 3.05) is 26.7 Å². The molecule has 0 atom stereocenters. The van der Waals surface area contributed by atoms with Crippen LogP contribution in [0.3, 0.4) is 0 Å². The Balaban J connectivity index is 2.18. The highest BCUT2D eigenvalue weighted by atomic mass is 16.5. The molecule has 0 aromatic heterocycles. The first-order valence-corrected chi connectivity index (χ1v) is 5.39. The fourth-order valence-corrected chi connectivity index (χ4v) is 1.35. The van der Waals surface area contributed by atoms with E-state index in [2.05, 4.69) is 15.4 Å². The van der Waals surface area contributed by atoms with E-state index in [0.29, 0.717) is 19.4 Å². The smallest absolute Gasteiger partial charge is 0.305 e. The van der Waals surface area contributed by atoms with Gasteiger partial charge in [0.25, 0.3) is 0 Å². The van der Waals surface area contributed by atoms with E-state index in [4.69, 9.17) is 0 Å². The molecule has 1 amide bonds. The molecule has 1 aliphatic heterocycles. The Morgan fingerprint density at radius 1 is 1.44 bits per heavy atom. The van der Waals surface area contributed by atoms with Crippen molar-refractivity contribution in [3.8, 4) is 0 Å². The van der Waals surface area contributed by atoms with Gasteiger partial charge in [-0.3, -0.25) is 9.59 Å². The predicted molar refractivity (Wildman–Crippen MR) is 59.8 cm³/mol. The van der Waals surface area contributed by atoms with E-state index >= 15 is 0 Å². The maximum absolute atomic E-state index is 11.6. The number of nitrogens with one attached hydrogen (secondary N) is 2. The molecule has 1 rings (SSSR count). The Bertz CT molecular complexity index is 304. The minimum Gasteiger partial charge on any atom is -0.469 e. The molecule has 90 valence electrons. The number of amides is 1. The van der Waals surface area contributed by atoms with E-state index in [1.807, 2.05) is 6.92 Å². The molecule has 1 aliphatic rings. The molecular formula is C11H18N2O3. The lowest BCUT2D eigenvalue weighted by Crippen LogP contribution is -2.37. The average Bonchev–Trinajstić information content (AvgIpc) is 2.21. The number of hydrogen-bond acceptors (Lipinski definition) is 4. The lowest BCUT2D eigenvalue weighted by Gasteiger charge is -2.21. The Kier molecular flexibility index (Phi) is 4.98. The van der Waals surface area contributed by atoms with Crippen LogP contribution in [0.5, 0.6) is 0 Å². The van der Waals surface area contributed by atoms with Gasteiger partial charge in [0.05, 0.1) is 7.11 Å². The standard InChI is InChI=1S/C11H18N2O3/c1-8(9-6-12-7-9)11(15)13-5-3-4-10(14)16-2/h12H,3-7H2,1-2H3,(H,13,15). The Labute approximate surface area is 95.2 Å². The van der Waals surface area contributed by atoms with E-state index in [-0.39, 0.29) is 11.9 Å². The van der Waals surface area contributed by atoms with Crippen LogP contribution in [0.4, 0.5) is 0 Å². The molecule has 1 fully saturated rings. The molecule has 1 saturated heterocycles. The summed E-state index contributed by atoms with van der Waals surface area (Å²) >= 11 is 0. The number of esters is 1. The van der Waals surface area contributed by atoms with Crippen LogP contribution >= 0.6 is 0 Å². The topological polar surface area (TPSA) is 67.4 Å². The number of hydrogen-bond donors (Lipinski definition) is 2. The van der Waals surface area contributed by atoms with Crippen LogP contribution in [-0.2, 0) is 14.3 Å². The largest absolute Gasteiger partial charge is 0.469 e. The lowest BCUT2D eigenvalue weighted by atomic mass is 10.0. The van der Waals surface area contributed by atoms with Gasteiger partial charge < -0.3 is 15.4 Å². The molecule has 0 aromatic carbocycles. The summed E-state index contributed by atoms with van der Waals surface area (Å²) in [4.78, 5) is 22.4. The van der Waals surface area contributed by atoms with Crippen LogP contribution in [-0.4, -0.2) is 38.6 Å². The molecular weight excluding hydrogens is 208 g/mol. The molecule has 0 aromatic rings. The lowest BCUT2D eigenvalue weighted by molar-refractivity contribution is -0.140. The SMILES string of the molecule is COC(=O)CCCNC(=O)C(C)=C1CNC1. The highest BCUT2D eigenvalue weighted by Gasteiger charge is 2.15. The van der Waals surface area contributed by atoms with Gasteiger partial charge >= 0.3 is 5.97 Å². The van der Waals surface area contributed by atoms with Gasteiger partial charge in [0, 0.05) is 31.6 Å². The third kappa shape index (κ3) is 3.66. The second-order valence-electron chi connectivity index (χ2n) is 3.77. The van der Waals surface area contributed by atoms with E-state index < -0.39 is 0 Å². The highest BCUT2D eigenvalue weighted by Crippen LogP contribution is 2.08. The van der Waals surface area contributed by atoms with Crippen LogP contribution in [0.1, 0.15) is 19.8 Å². The number of ether oxygens (including phenoxy) is 1. The Morgan fingerprint density at radius 2 is 2.12 bits per heavy atom. The van der Waals surface area contributed by atoms with Crippen LogP contribution in [0.2, 0.25) is 0 Å². The van der Waals surface area contributed by atoms with Gasteiger partial charge in [-0.1, -0.05) is 0 Å². The summed E-state index contributed by atoms with van der Waals surface area (Å²) in [6.45, 7) is 3.95. The van der Waals surface area contributed by atoms with Gasteiger partial charge in [-0.15, -0.1) is 0 Å². The van der Waals surface area contributed by atoms with E-state index in [1.54, 1.807) is 0 Å². The van der Waals surface area contributed by atoms with Gasteiger partial charge in [0.15, 0.2) is 0 Å². The zero-order valence-corrected chi connectivity index (χ0v) is 9.76. The summed E-state index contributed by atoms with van der Waals surface area (Å²) in [6, 6.07) is 0. The van der Waals surface area contributed by atoms with Crippen molar-refractivity contribution < 1.29 is 14.3 Å². The van der Waals surface area contributed by atoms with Crippen LogP contribution in [0.25, 0.3) is 0 Å². The van der Waals surface area contributed by atoms with Crippen molar-refractivity contribution >= 4 is 11.9 Å². The highest BCUT2D eigenvalue weighted by molar-refractivity contribution is 5.93. The fraction of sp³-hybridized carbons (Fsp3) is 0.636. The van der Waals surface area contributed by atoms with Crippen molar-refractivity contribution in [3.05, 3.63) is 11.1 Å². The van der Waals surface area contributed by atoms with E-state index in [1.165, 1.54) is 7.11 Å². The molecule has 0 saturated carbocycles. The fourth-order valence-electron chi connectivity index (χ4n) is 1.35. The quantitative estimate of drug-likeness (QED) is 0.392. The summed E-state index contributed by atoms with van der Waals surface area (Å²) in [7, 11) is 1.36. The first-order valence-electron chi connectivity index (χ1n) is 5.39. The number of carbonyl (C=O) groups excluding carboxylic acids is 2. The summed E-state index contributed by atoms with van der Waals surface area (Å²) < 4.78 is 4.50. The summed E-state index contributed by atoms with van der Waals surface area (Å²) in [6.07, 6.45) is 0.952. The van der Waals surface area contributed by atoms with Gasteiger partial charge in [0.1, 0.15) is 0 Å². The molecule has 1 heterocycles. The molecule has 5 nitrogen and oxygen atoms in total. The van der Waals surface area contributed by atoms with Crippen molar-refractivity contribution in [1.82, 2.24) is 10.6 Å². The maximum atomic E-state index is 11.6. The second-order valence-corrected chi connectivity index (χ2v) is 3.77. The third-order valence-electron chi connectivity index (χ3n) is 2.62. The number of methoxy groups -OCH3 is 1. The maximum Gasteiger partial charge on any atom is 0.305 e. The van der Waals surface area contributed by atoms with E-state index in [0.717, 1.165) is 24.2 Å². The van der Waals surface area contributed by atoms with Gasteiger partial charge in [-0.05, 0) is 18.9 Å². The van der Waals surface area contributed by atoms with Crippen molar-refractivity contribution in [1.29, 1.82) is 0 Å². The van der Waals surface area contributed by atoms with Crippen molar-refractivity contribution in [2.24, 2.45) is 0 Å². The number of carbonyl (C=O) groups is 2. The summed E-state index contributed by atoms with van der Waals surface area (Å²) in [5.74, 6) is -0.283. The van der Waals surface area contributed by atoms with Gasteiger partial charge in [0.2, 0.25) is 5.91 Å². The van der Waals surface area contributed by atoms with Crippen molar-refractivity contribution in [3.63, 3.8) is 0 Å². The summed E-state index contributed by atoms with van der Waals surface area (Å²) in [5.41, 5.74) is 1.95. The molecule has 0 unspecified atom stereocenters. The zero-order valence-electron chi connectivity index (χ0n) is 9.76. The first kappa shape index (κ1) is 12.7. The second kappa shape index (κ2) is 6.27. The predicted octanol–water partition coefficient (Wildman–Crippen LogP) is -0.0245. The molecule has 0 spiro atoms. The Morgan fingerprint density at radius 3 is 2.62 bits per heavy atom. The minimum absolute atomic E-state index is 0.0404. The average molecular weight is 226 g/mol. The minimum atomic E-state index is -0.243.